The first kappa shape index (κ1) is 16.6. The number of carbonyl (C=O) groups is 2. The SMILES string of the molecule is Cc1cc2c(n1/C=C\N(C=O)c1cncc(Br)c1C=O)CCCC2. The molecule has 5 nitrogen and oxygen atoms in total. The lowest BCUT2D eigenvalue weighted by Crippen LogP contribution is -2.16. The minimum atomic E-state index is 0.396. The molecule has 124 valence electrons. The number of halogens is 1. The lowest BCUT2D eigenvalue weighted by molar-refractivity contribution is -0.106. The monoisotopic (exact) mass is 387 g/mol. The van der Waals surface area contributed by atoms with E-state index in [1.165, 1.54) is 41.4 Å². The highest BCUT2D eigenvalue weighted by atomic mass is 79.9. The van der Waals surface area contributed by atoms with E-state index in [0.717, 1.165) is 18.5 Å². The Balaban J connectivity index is 1.96. The van der Waals surface area contributed by atoms with Gasteiger partial charge in [0.25, 0.3) is 0 Å². The Morgan fingerprint density at radius 1 is 1.25 bits per heavy atom. The minimum absolute atomic E-state index is 0.396. The van der Waals surface area contributed by atoms with Crippen LogP contribution in [0.1, 0.15) is 40.2 Å². The van der Waals surface area contributed by atoms with Crippen molar-refractivity contribution < 1.29 is 9.59 Å². The van der Waals surface area contributed by atoms with Gasteiger partial charge in [-0.3, -0.25) is 19.5 Å². The first-order valence-corrected chi connectivity index (χ1v) is 8.65. The number of fused-ring (bicyclic) bond motifs is 1. The molecule has 0 aromatic carbocycles. The lowest BCUT2D eigenvalue weighted by Gasteiger charge is -2.17. The molecule has 2 heterocycles. The highest BCUT2D eigenvalue weighted by molar-refractivity contribution is 9.10. The van der Waals surface area contributed by atoms with Crippen LogP contribution in [0.3, 0.4) is 0 Å². The molecule has 0 bridgehead atoms. The average molecular weight is 388 g/mol. The molecular formula is C18H18BrN3O2. The number of aryl methyl sites for hydroxylation is 2. The minimum Gasteiger partial charge on any atom is -0.323 e. The Morgan fingerprint density at radius 3 is 2.79 bits per heavy atom. The summed E-state index contributed by atoms with van der Waals surface area (Å²) in [6.07, 6.45) is 12.6. The second-order valence-corrected chi connectivity index (χ2v) is 6.67. The highest BCUT2D eigenvalue weighted by Gasteiger charge is 2.16. The predicted octanol–water partition coefficient (Wildman–Crippen LogP) is 3.74. The number of aldehydes is 1. The van der Waals surface area contributed by atoms with Gasteiger partial charge in [-0.15, -0.1) is 0 Å². The zero-order valence-electron chi connectivity index (χ0n) is 13.4. The Bertz CT molecular complexity index is 811. The molecule has 3 rings (SSSR count). The van der Waals surface area contributed by atoms with Crippen molar-refractivity contribution >= 4 is 40.5 Å². The second-order valence-electron chi connectivity index (χ2n) is 5.82. The molecule has 0 saturated carbocycles. The van der Waals surface area contributed by atoms with Gasteiger partial charge in [0.05, 0.1) is 17.4 Å². The fourth-order valence-corrected chi connectivity index (χ4v) is 3.57. The average Bonchev–Trinajstić information content (AvgIpc) is 2.91. The molecule has 1 aliphatic rings. The Kier molecular flexibility index (Phi) is 4.94. The third kappa shape index (κ3) is 3.06. The molecule has 0 radical (unpaired) electrons. The quantitative estimate of drug-likeness (QED) is 0.734. The molecule has 0 spiro atoms. The molecule has 0 saturated heterocycles. The molecule has 6 heteroatoms. The van der Waals surface area contributed by atoms with Gasteiger partial charge >= 0.3 is 0 Å². The molecule has 0 atom stereocenters. The van der Waals surface area contributed by atoms with Gasteiger partial charge in [-0.05, 0) is 60.2 Å². The smallest absolute Gasteiger partial charge is 0.218 e. The van der Waals surface area contributed by atoms with E-state index in [1.54, 1.807) is 6.20 Å². The van der Waals surface area contributed by atoms with Gasteiger partial charge in [0, 0.05) is 34.5 Å². The maximum Gasteiger partial charge on any atom is 0.218 e. The fourth-order valence-electron chi connectivity index (χ4n) is 3.15. The largest absolute Gasteiger partial charge is 0.323 e. The van der Waals surface area contributed by atoms with Gasteiger partial charge in [0.15, 0.2) is 6.29 Å². The van der Waals surface area contributed by atoms with Crippen LogP contribution in [-0.4, -0.2) is 22.2 Å². The van der Waals surface area contributed by atoms with Crippen molar-refractivity contribution in [3.8, 4) is 0 Å². The Morgan fingerprint density at radius 2 is 2.04 bits per heavy atom. The number of pyridine rings is 1. The molecule has 2 aromatic rings. The van der Waals surface area contributed by atoms with Crippen molar-refractivity contribution in [2.75, 3.05) is 4.90 Å². The van der Waals surface area contributed by atoms with E-state index in [-0.39, 0.29) is 0 Å². The number of hydrogen-bond donors (Lipinski definition) is 0. The molecule has 24 heavy (non-hydrogen) atoms. The van der Waals surface area contributed by atoms with E-state index in [4.69, 9.17) is 0 Å². The van der Waals surface area contributed by atoms with Gasteiger partial charge in [0.1, 0.15) is 0 Å². The summed E-state index contributed by atoms with van der Waals surface area (Å²) in [5, 5.41) is 0. The normalized spacial score (nSPS) is 13.8. The van der Waals surface area contributed by atoms with E-state index in [9.17, 15) is 9.59 Å². The summed E-state index contributed by atoms with van der Waals surface area (Å²) < 4.78 is 2.68. The van der Waals surface area contributed by atoms with Crippen molar-refractivity contribution in [1.29, 1.82) is 0 Å². The van der Waals surface area contributed by atoms with Crippen LogP contribution in [0.25, 0.3) is 6.20 Å². The first-order valence-electron chi connectivity index (χ1n) is 7.86. The zero-order chi connectivity index (χ0) is 17.1. The summed E-state index contributed by atoms with van der Waals surface area (Å²) in [5.41, 5.74) is 4.69. The van der Waals surface area contributed by atoms with Crippen LogP contribution in [0.4, 0.5) is 5.69 Å². The Labute approximate surface area is 149 Å². The summed E-state index contributed by atoms with van der Waals surface area (Å²) in [6.45, 7) is 2.06. The van der Waals surface area contributed by atoms with E-state index >= 15 is 0 Å². The molecule has 1 aliphatic carbocycles. The van der Waals surface area contributed by atoms with Crippen LogP contribution in [0.2, 0.25) is 0 Å². The summed E-state index contributed by atoms with van der Waals surface area (Å²) in [6, 6.07) is 2.21. The third-order valence-corrected chi connectivity index (χ3v) is 4.97. The summed E-state index contributed by atoms with van der Waals surface area (Å²) in [5.74, 6) is 0. The predicted molar refractivity (Wildman–Crippen MR) is 97.0 cm³/mol. The van der Waals surface area contributed by atoms with E-state index < -0.39 is 0 Å². The summed E-state index contributed by atoms with van der Waals surface area (Å²) in [4.78, 5) is 28.3. The van der Waals surface area contributed by atoms with Crippen molar-refractivity contribution in [3.05, 3.63) is 51.6 Å². The van der Waals surface area contributed by atoms with Gasteiger partial charge < -0.3 is 4.57 Å². The van der Waals surface area contributed by atoms with Crippen LogP contribution < -0.4 is 4.90 Å². The van der Waals surface area contributed by atoms with Gasteiger partial charge in [-0.25, -0.2) is 0 Å². The highest BCUT2D eigenvalue weighted by Crippen LogP contribution is 2.27. The molecule has 0 fully saturated rings. The fraction of sp³-hybridized carbons (Fsp3) is 0.278. The molecule has 1 amide bonds. The molecular weight excluding hydrogens is 370 g/mol. The van der Waals surface area contributed by atoms with Gasteiger partial charge in [-0.1, -0.05) is 0 Å². The summed E-state index contributed by atoms with van der Waals surface area (Å²) >= 11 is 3.29. The van der Waals surface area contributed by atoms with E-state index in [0.29, 0.717) is 28.4 Å². The van der Waals surface area contributed by atoms with Gasteiger partial charge in [-0.2, -0.15) is 0 Å². The van der Waals surface area contributed by atoms with Crippen molar-refractivity contribution in [3.63, 3.8) is 0 Å². The molecule has 2 aromatic heterocycles. The maximum absolute atomic E-state index is 11.5. The van der Waals surface area contributed by atoms with E-state index in [2.05, 4.69) is 38.5 Å². The maximum atomic E-state index is 11.5. The number of aromatic nitrogens is 2. The van der Waals surface area contributed by atoms with Crippen LogP contribution in [0.15, 0.2) is 29.1 Å². The van der Waals surface area contributed by atoms with Crippen molar-refractivity contribution in [1.82, 2.24) is 9.55 Å². The number of carbonyl (C=O) groups excluding carboxylic acids is 2. The second kappa shape index (κ2) is 7.13. The number of rotatable bonds is 5. The number of anilines is 1. The number of hydrogen-bond acceptors (Lipinski definition) is 3. The molecule has 0 unspecified atom stereocenters. The molecule has 0 aliphatic heterocycles. The lowest BCUT2D eigenvalue weighted by atomic mass is 9.98. The van der Waals surface area contributed by atoms with Crippen LogP contribution in [-0.2, 0) is 17.6 Å². The standard InChI is InChI=1S/C18H18BrN3O2/c1-13-8-14-4-2-3-5-17(14)22(13)7-6-21(12-24)18-10-20-9-16(19)15(18)11-23/h6-12H,2-5H2,1H3/b7-6-. The van der Waals surface area contributed by atoms with Crippen molar-refractivity contribution in [2.45, 2.75) is 32.6 Å². The topological polar surface area (TPSA) is 55.2 Å². The molecule has 0 N–H and O–H groups in total. The van der Waals surface area contributed by atoms with Crippen LogP contribution in [0.5, 0.6) is 0 Å². The third-order valence-electron chi connectivity index (χ3n) is 4.34. The Hall–Kier alpha value is -2.21. The first-order chi connectivity index (χ1) is 11.7. The van der Waals surface area contributed by atoms with Crippen LogP contribution >= 0.6 is 15.9 Å². The van der Waals surface area contributed by atoms with Gasteiger partial charge in [0.2, 0.25) is 6.41 Å². The van der Waals surface area contributed by atoms with Crippen LogP contribution in [0, 0.1) is 6.92 Å². The zero-order valence-corrected chi connectivity index (χ0v) is 15.0. The number of amides is 1. The number of nitrogens with zero attached hydrogens (tertiary/aromatic N) is 3. The van der Waals surface area contributed by atoms with Crippen molar-refractivity contribution in [2.24, 2.45) is 0 Å². The summed E-state index contributed by atoms with van der Waals surface area (Å²) in [7, 11) is 0. The van der Waals surface area contributed by atoms with E-state index in [1.807, 2.05) is 6.20 Å².